The van der Waals surface area contributed by atoms with Crippen LogP contribution >= 0.6 is 0 Å². The first-order valence-electron chi connectivity index (χ1n) is 6.20. The minimum absolute atomic E-state index is 0.196. The fraction of sp³-hybridized carbons (Fsp3) is 0.125. The second kappa shape index (κ2) is 4.86. The summed E-state index contributed by atoms with van der Waals surface area (Å²) in [6.07, 6.45) is 1.67. The number of hydrogen-bond donors (Lipinski definition) is 1. The van der Waals surface area contributed by atoms with E-state index in [4.69, 9.17) is 4.42 Å². The Morgan fingerprint density at radius 1 is 1.00 bits per heavy atom. The van der Waals surface area contributed by atoms with Crippen LogP contribution in [0.2, 0.25) is 0 Å². The molecule has 96 valence electrons. The van der Waals surface area contributed by atoms with Crippen LogP contribution in [0, 0.1) is 5.82 Å². The van der Waals surface area contributed by atoms with Gasteiger partial charge in [0, 0.05) is 10.9 Å². The van der Waals surface area contributed by atoms with E-state index < -0.39 is 0 Å². The molecule has 0 aliphatic heterocycles. The van der Waals surface area contributed by atoms with E-state index in [-0.39, 0.29) is 5.82 Å². The molecule has 0 fully saturated rings. The van der Waals surface area contributed by atoms with Gasteiger partial charge in [0.2, 0.25) is 0 Å². The minimum Gasteiger partial charge on any atom is -0.467 e. The summed E-state index contributed by atoms with van der Waals surface area (Å²) >= 11 is 0. The molecule has 2 nitrogen and oxygen atoms in total. The van der Waals surface area contributed by atoms with E-state index in [2.05, 4.69) is 5.32 Å². The number of nitrogens with one attached hydrogen (secondary N) is 1. The Morgan fingerprint density at radius 2 is 1.79 bits per heavy atom. The van der Waals surface area contributed by atoms with Crippen LogP contribution in [0.15, 0.2) is 53.1 Å². The van der Waals surface area contributed by atoms with Crippen LogP contribution in [0.4, 0.5) is 4.39 Å². The molecule has 0 amide bonds. The molecule has 3 heteroatoms. The summed E-state index contributed by atoms with van der Waals surface area (Å²) < 4.78 is 19.3. The van der Waals surface area contributed by atoms with E-state index >= 15 is 0 Å². The van der Waals surface area contributed by atoms with Gasteiger partial charge in [0.05, 0.1) is 12.8 Å². The second-order valence-electron chi connectivity index (χ2n) is 4.43. The lowest BCUT2D eigenvalue weighted by Gasteiger charge is -2.08. The third-order valence-corrected chi connectivity index (χ3v) is 3.24. The van der Waals surface area contributed by atoms with Gasteiger partial charge in [-0.1, -0.05) is 30.3 Å². The van der Waals surface area contributed by atoms with Crippen molar-refractivity contribution in [2.75, 3.05) is 7.05 Å². The molecule has 0 atom stereocenters. The highest BCUT2D eigenvalue weighted by Crippen LogP contribution is 2.32. The number of rotatable bonds is 3. The average molecular weight is 255 g/mol. The summed E-state index contributed by atoms with van der Waals surface area (Å²) in [5, 5.41) is 4.61. The van der Waals surface area contributed by atoms with Crippen molar-refractivity contribution in [3.8, 4) is 11.1 Å². The predicted octanol–water partition coefficient (Wildman–Crippen LogP) is 3.96. The topological polar surface area (TPSA) is 25.2 Å². The molecule has 0 radical (unpaired) electrons. The van der Waals surface area contributed by atoms with Crippen molar-refractivity contribution in [2.24, 2.45) is 0 Å². The molecule has 0 aliphatic rings. The normalized spacial score (nSPS) is 11.1. The molecule has 3 rings (SSSR count). The maximum atomic E-state index is 13.8. The molecule has 0 bridgehead atoms. The molecule has 2 aromatic carbocycles. The first-order chi connectivity index (χ1) is 9.31. The van der Waals surface area contributed by atoms with Crippen molar-refractivity contribution >= 4 is 10.8 Å². The fourth-order valence-electron chi connectivity index (χ4n) is 2.38. The van der Waals surface area contributed by atoms with Crippen LogP contribution in [-0.2, 0) is 6.54 Å². The molecule has 3 aromatic rings. The summed E-state index contributed by atoms with van der Waals surface area (Å²) in [5.41, 5.74) is 2.00. The van der Waals surface area contributed by atoms with E-state index in [0.717, 1.165) is 22.3 Å². The number of hydrogen-bond acceptors (Lipinski definition) is 2. The first-order valence-corrected chi connectivity index (χ1v) is 6.20. The zero-order valence-electron chi connectivity index (χ0n) is 10.6. The Balaban J connectivity index is 2.25. The quantitative estimate of drug-likeness (QED) is 0.766. The smallest absolute Gasteiger partial charge is 0.131 e. The lowest BCUT2D eigenvalue weighted by molar-refractivity contribution is 0.497. The highest BCUT2D eigenvalue weighted by Gasteiger charge is 2.12. The van der Waals surface area contributed by atoms with E-state index in [0.29, 0.717) is 11.9 Å². The van der Waals surface area contributed by atoms with Crippen LogP contribution in [0.3, 0.4) is 0 Å². The molecule has 0 spiro atoms. The van der Waals surface area contributed by atoms with Gasteiger partial charge in [-0.25, -0.2) is 4.39 Å². The Kier molecular flexibility index (Phi) is 3.05. The zero-order chi connectivity index (χ0) is 13.2. The Labute approximate surface area is 110 Å². The van der Waals surface area contributed by atoms with E-state index in [1.54, 1.807) is 12.3 Å². The molecule has 1 aromatic heterocycles. The molecular formula is C16H14FNO. The maximum absolute atomic E-state index is 13.8. The largest absolute Gasteiger partial charge is 0.467 e. The molecule has 1 heterocycles. The van der Waals surface area contributed by atoms with Crippen LogP contribution < -0.4 is 5.32 Å². The summed E-state index contributed by atoms with van der Waals surface area (Å²) in [7, 11) is 1.87. The Morgan fingerprint density at radius 3 is 2.58 bits per heavy atom. The summed E-state index contributed by atoms with van der Waals surface area (Å²) in [5.74, 6) is 0.664. The third kappa shape index (κ3) is 2.02. The summed E-state index contributed by atoms with van der Waals surface area (Å²) in [6.45, 7) is 0.647. The van der Waals surface area contributed by atoms with Crippen LogP contribution in [0.25, 0.3) is 21.9 Å². The van der Waals surface area contributed by atoms with E-state index in [1.165, 1.54) is 6.07 Å². The fourth-order valence-corrected chi connectivity index (χ4v) is 2.38. The standard InChI is InChI=1S/C16H14FNO/c1-18-10-16-14(8-9-19-16)12-6-7-15(17)13-5-3-2-4-11(12)13/h2-9,18H,10H2,1H3. The summed E-state index contributed by atoms with van der Waals surface area (Å²) in [6, 6.07) is 12.7. The molecular weight excluding hydrogens is 241 g/mol. The van der Waals surface area contributed by atoms with Gasteiger partial charge in [-0.05, 0) is 30.1 Å². The Hall–Kier alpha value is -2.13. The molecule has 0 aliphatic carbocycles. The van der Waals surface area contributed by atoms with Gasteiger partial charge in [-0.3, -0.25) is 0 Å². The van der Waals surface area contributed by atoms with E-state index in [9.17, 15) is 4.39 Å². The van der Waals surface area contributed by atoms with Gasteiger partial charge in [0.15, 0.2) is 0 Å². The van der Waals surface area contributed by atoms with Crippen molar-refractivity contribution in [3.05, 3.63) is 60.3 Å². The first kappa shape index (κ1) is 11.9. The SMILES string of the molecule is CNCc1occc1-c1ccc(F)c2ccccc12. The number of benzene rings is 2. The monoisotopic (exact) mass is 255 g/mol. The predicted molar refractivity (Wildman–Crippen MR) is 74.4 cm³/mol. The maximum Gasteiger partial charge on any atom is 0.131 e. The Bertz CT molecular complexity index is 718. The molecule has 0 saturated heterocycles. The summed E-state index contributed by atoms with van der Waals surface area (Å²) in [4.78, 5) is 0. The minimum atomic E-state index is -0.196. The van der Waals surface area contributed by atoms with Gasteiger partial charge in [0.25, 0.3) is 0 Å². The highest BCUT2D eigenvalue weighted by atomic mass is 19.1. The number of fused-ring (bicyclic) bond motifs is 1. The van der Waals surface area contributed by atoms with Crippen LogP contribution in [-0.4, -0.2) is 7.05 Å². The second-order valence-corrected chi connectivity index (χ2v) is 4.43. The number of halogens is 1. The molecule has 1 N–H and O–H groups in total. The highest BCUT2D eigenvalue weighted by molar-refractivity contribution is 5.97. The van der Waals surface area contributed by atoms with Crippen LogP contribution in [0.1, 0.15) is 5.76 Å². The van der Waals surface area contributed by atoms with Crippen molar-refractivity contribution in [3.63, 3.8) is 0 Å². The van der Waals surface area contributed by atoms with Crippen molar-refractivity contribution in [1.82, 2.24) is 5.32 Å². The van der Waals surface area contributed by atoms with Gasteiger partial charge in [-0.2, -0.15) is 0 Å². The molecule has 0 unspecified atom stereocenters. The van der Waals surface area contributed by atoms with Crippen molar-refractivity contribution in [1.29, 1.82) is 0 Å². The number of furan rings is 1. The van der Waals surface area contributed by atoms with Gasteiger partial charge < -0.3 is 9.73 Å². The molecule has 19 heavy (non-hydrogen) atoms. The van der Waals surface area contributed by atoms with Gasteiger partial charge in [-0.15, -0.1) is 0 Å². The lowest BCUT2D eigenvalue weighted by atomic mass is 9.98. The molecule has 0 saturated carbocycles. The van der Waals surface area contributed by atoms with Crippen molar-refractivity contribution < 1.29 is 8.81 Å². The third-order valence-electron chi connectivity index (χ3n) is 3.24. The van der Waals surface area contributed by atoms with Gasteiger partial charge >= 0.3 is 0 Å². The zero-order valence-corrected chi connectivity index (χ0v) is 10.6. The van der Waals surface area contributed by atoms with Crippen LogP contribution in [0.5, 0.6) is 0 Å². The lowest BCUT2D eigenvalue weighted by Crippen LogP contribution is -2.04. The van der Waals surface area contributed by atoms with E-state index in [1.807, 2.05) is 37.4 Å². The van der Waals surface area contributed by atoms with Gasteiger partial charge in [0.1, 0.15) is 11.6 Å². The van der Waals surface area contributed by atoms with Crippen molar-refractivity contribution in [2.45, 2.75) is 6.54 Å². The average Bonchev–Trinajstić information content (AvgIpc) is 2.88.